The van der Waals surface area contributed by atoms with Crippen molar-refractivity contribution in [3.8, 4) is 5.75 Å². The van der Waals surface area contributed by atoms with Crippen LogP contribution in [0.4, 0.5) is 0 Å². The molecule has 0 fully saturated rings. The van der Waals surface area contributed by atoms with Crippen LogP contribution in [0.3, 0.4) is 0 Å². The minimum atomic E-state index is -0.228. The van der Waals surface area contributed by atoms with Crippen LogP contribution in [0.2, 0.25) is 5.02 Å². The summed E-state index contributed by atoms with van der Waals surface area (Å²) in [7, 11) is 1.52. The van der Waals surface area contributed by atoms with Gasteiger partial charge >= 0.3 is 0 Å². The zero-order valence-electron chi connectivity index (χ0n) is 11.4. The first-order valence-electron chi connectivity index (χ1n) is 6.27. The summed E-state index contributed by atoms with van der Waals surface area (Å²) in [6.07, 6.45) is 3.63. The van der Waals surface area contributed by atoms with Crippen LogP contribution in [-0.4, -0.2) is 22.8 Å². The van der Waals surface area contributed by atoms with E-state index in [4.69, 9.17) is 16.3 Å². The standard InChI is InChI=1S/C14H16ClN3O2/c1-3-18-9-10(8-17-18)7-16-14(19)12-6-11(15)4-5-13(12)20-2/h4-6,8-9H,3,7H2,1-2H3,(H,16,19). The van der Waals surface area contributed by atoms with E-state index in [2.05, 4.69) is 10.4 Å². The number of hydrogen-bond acceptors (Lipinski definition) is 3. The van der Waals surface area contributed by atoms with Crippen LogP contribution in [0.1, 0.15) is 22.8 Å². The van der Waals surface area contributed by atoms with Crippen molar-refractivity contribution in [1.82, 2.24) is 15.1 Å². The SMILES string of the molecule is CCn1cc(CNC(=O)c2cc(Cl)ccc2OC)cn1. The summed E-state index contributed by atoms with van der Waals surface area (Å²) in [6, 6.07) is 4.94. The van der Waals surface area contributed by atoms with Crippen LogP contribution < -0.4 is 10.1 Å². The van der Waals surface area contributed by atoms with Gasteiger partial charge in [0.05, 0.1) is 18.9 Å². The molecule has 0 aliphatic heterocycles. The maximum absolute atomic E-state index is 12.1. The molecule has 0 spiro atoms. The van der Waals surface area contributed by atoms with E-state index in [0.717, 1.165) is 12.1 Å². The number of nitrogens with zero attached hydrogens (tertiary/aromatic N) is 2. The van der Waals surface area contributed by atoms with Gasteiger partial charge in [-0.25, -0.2) is 0 Å². The second-order valence-electron chi connectivity index (χ2n) is 4.23. The third-order valence-electron chi connectivity index (χ3n) is 2.87. The molecule has 0 bridgehead atoms. The van der Waals surface area contributed by atoms with Gasteiger partial charge in [0.1, 0.15) is 5.75 Å². The number of nitrogens with one attached hydrogen (secondary N) is 1. The summed E-state index contributed by atoms with van der Waals surface area (Å²) in [5.41, 5.74) is 1.36. The van der Waals surface area contributed by atoms with E-state index in [1.165, 1.54) is 7.11 Å². The Labute approximate surface area is 122 Å². The molecule has 2 aromatic rings. The molecule has 0 saturated carbocycles. The molecule has 1 amide bonds. The van der Waals surface area contributed by atoms with Gasteiger partial charge in [0.25, 0.3) is 5.91 Å². The lowest BCUT2D eigenvalue weighted by Gasteiger charge is -2.09. The fraction of sp³-hybridized carbons (Fsp3) is 0.286. The summed E-state index contributed by atoms with van der Waals surface area (Å²) in [5.74, 6) is 0.268. The lowest BCUT2D eigenvalue weighted by Crippen LogP contribution is -2.23. The van der Waals surface area contributed by atoms with E-state index in [1.807, 2.05) is 17.8 Å². The van der Waals surface area contributed by atoms with E-state index in [9.17, 15) is 4.79 Å². The molecule has 20 heavy (non-hydrogen) atoms. The predicted molar refractivity (Wildman–Crippen MR) is 77.1 cm³/mol. The van der Waals surface area contributed by atoms with Gasteiger partial charge in [-0.15, -0.1) is 0 Å². The molecule has 106 valence electrons. The normalized spacial score (nSPS) is 10.3. The Morgan fingerprint density at radius 2 is 2.30 bits per heavy atom. The number of ether oxygens (including phenoxy) is 1. The summed E-state index contributed by atoms with van der Waals surface area (Å²) in [6.45, 7) is 3.22. The molecular weight excluding hydrogens is 278 g/mol. The maximum Gasteiger partial charge on any atom is 0.255 e. The molecule has 6 heteroatoms. The number of carbonyl (C=O) groups is 1. The Morgan fingerprint density at radius 1 is 1.50 bits per heavy atom. The van der Waals surface area contributed by atoms with E-state index < -0.39 is 0 Å². The second-order valence-corrected chi connectivity index (χ2v) is 4.67. The number of amides is 1. The third kappa shape index (κ3) is 3.30. The number of benzene rings is 1. The van der Waals surface area contributed by atoms with Crippen LogP contribution in [0.25, 0.3) is 0 Å². The van der Waals surface area contributed by atoms with E-state index in [0.29, 0.717) is 22.9 Å². The van der Waals surface area contributed by atoms with Crippen LogP contribution >= 0.6 is 11.6 Å². The lowest BCUT2D eigenvalue weighted by molar-refractivity contribution is 0.0948. The number of aromatic nitrogens is 2. The highest BCUT2D eigenvalue weighted by Crippen LogP contribution is 2.22. The van der Waals surface area contributed by atoms with Gasteiger partial charge in [-0.05, 0) is 25.1 Å². The Bertz CT molecular complexity index is 610. The van der Waals surface area contributed by atoms with Crippen molar-refractivity contribution in [1.29, 1.82) is 0 Å². The van der Waals surface area contributed by atoms with Crippen molar-refractivity contribution in [2.75, 3.05) is 7.11 Å². The average Bonchev–Trinajstić information content (AvgIpc) is 2.92. The van der Waals surface area contributed by atoms with Crippen LogP contribution in [0, 0.1) is 0 Å². The van der Waals surface area contributed by atoms with Crippen LogP contribution in [-0.2, 0) is 13.1 Å². The van der Waals surface area contributed by atoms with Crippen molar-refractivity contribution < 1.29 is 9.53 Å². The zero-order valence-corrected chi connectivity index (χ0v) is 12.1. The quantitative estimate of drug-likeness (QED) is 0.921. The highest BCUT2D eigenvalue weighted by molar-refractivity contribution is 6.31. The summed E-state index contributed by atoms with van der Waals surface area (Å²) >= 11 is 5.91. The Hall–Kier alpha value is -2.01. The number of carbonyl (C=O) groups excluding carboxylic acids is 1. The predicted octanol–water partition coefficient (Wildman–Crippen LogP) is 2.50. The molecular formula is C14H16ClN3O2. The molecule has 0 aliphatic carbocycles. The number of methoxy groups -OCH3 is 1. The van der Waals surface area contributed by atoms with Gasteiger partial charge in [-0.1, -0.05) is 11.6 Å². The first-order valence-corrected chi connectivity index (χ1v) is 6.65. The van der Waals surface area contributed by atoms with Gasteiger partial charge in [-0.2, -0.15) is 5.10 Å². The molecule has 1 aromatic carbocycles. The monoisotopic (exact) mass is 293 g/mol. The molecule has 0 atom stereocenters. The molecule has 0 saturated heterocycles. The third-order valence-corrected chi connectivity index (χ3v) is 3.11. The molecule has 1 N–H and O–H groups in total. The largest absolute Gasteiger partial charge is 0.496 e. The Kier molecular flexibility index (Phi) is 4.63. The fourth-order valence-electron chi connectivity index (χ4n) is 1.81. The summed E-state index contributed by atoms with van der Waals surface area (Å²) in [5, 5.41) is 7.47. The van der Waals surface area contributed by atoms with Gasteiger partial charge in [0.15, 0.2) is 0 Å². The number of halogens is 1. The van der Waals surface area contributed by atoms with E-state index >= 15 is 0 Å². The lowest BCUT2D eigenvalue weighted by atomic mass is 10.2. The van der Waals surface area contributed by atoms with E-state index in [-0.39, 0.29) is 5.91 Å². The van der Waals surface area contributed by atoms with Crippen molar-refractivity contribution in [3.63, 3.8) is 0 Å². The summed E-state index contributed by atoms with van der Waals surface area (Å²) in [4.78, 5) is 12.1. The van der Waals surface area contributed by atoms with E-state index in [1.54, 1.807) is 24.4 Å². The summed E-state index contributed by atoms with van der Waals surface area (Å²) < 4.78 is 6.97. The average molecular weight is 294 g/mol. The number of hydrogen-bond donors (Lipinski definition) is 1. The molecule has 2 rings (SSSR count). The van der Waals surface area contributed by atoms with Gasteiger partial charge in [-0.3, -0.25) is 9.48 Å². The molecule has 0 radical (unpaired) electrons. The van der Waals surface area contributed by atoms with Crippen molar-refractivity contribution in [2.24, 2.45) is 0 Å². The van der Waals surface area contributed by atoms with Crippen molar-refractivity contribution in [2.45, 2.75) is 20.0 Å². The maximum atomic E-state index is 12.1. The molecule has 1 aromatic heterocycles. The second kappa shape index (κ2) is 6.43. The minimum Gasteiger partial charge on any atom is -0.496 e. The van der Waals surface area contributed by atoms with Crippen LogP contribution in [0.5, 0.6) is 5.75 Å². The molecule has 5 nitrogen and oxygen atoms in total. The zero-order chi connectivity index (χ0) is 14.5. The first-order chi connectivity index (χ1) is 9.63. The highest BCUT2D eigenvalue weighted by Gasteiger charge is 2.12. The smallest absolute Gasteiger partial charge is 0.255 e. The van der Waals surface area contributed by atoms with Gasteiger partial charge in [0, 0.05) is 29.9 Å². The fourth-order valence-corrected chi connectivity index (χ4v) is 1.98. The number of rotatable bonds is 5. The van der Waals surface area contributed by atoms with Crippen molar-refractivity contribution in [3.05, 3.63) is 46.7 Å². The van der Waals surface area contributed by atoms with Crippen molar-refractivity contribution >= 4 is 17.5 Å². The van der Waals surface area contributed by atoms with Crippen LogP contribution in [0.15, 0.2) is 30.6 Å². The van der Waals surface area contributed by atoms with Gasteiger partial charge < -0.3 is 10.1 Å². The first kappa shape index (κ1) is 14.4. The van der Waals surface area contributed by atoms with Gasteiger partial charge in [0.2, 0.25) is 0 Å². The Balaban J connectivity index is 2.06. The molecule has 1 heterocycles. The molecule has 0 unspecified atom stereocenters. The number of aryl methyl sites for hydroxylation is 1. The minimum absolute atomic E-state index is 0.228. The molecule has 0 aliphatic rings. The topological polar surface area (TPSA) is 56.2 Å². The highest BCUT2D eigenvalue weighted by atomic mass is 35.5. The Morgan fingerprint density at radius 3 is 2.95 bits per heavy atom.